The van der Waals surface area contributed by atoms with Gasteiger partial charge in [-0.3, -0.25) is 9.78 Å². The SMILES string of the molecule is CC1=CNC(c2cc(OCC3CC3)cc(C(=O)NC(C)c3ncc(Cl)cc3F)c2)S1. The second-order valence-corrected chi connectivity index (χ2v) is 9.47. The van der Waals surface area contributed by atoms with Gasteiger partial charge in [-0.1, -0.05) is 23.4 Å². The lowest BCUT2D eigenvalue weighted by Gasteiger charge is -2.18. The molecule has 8 heteroatoms. The summed E-state index contributed by atoms with van der Waals surface area (Å²) in [6, 6.07) is 6.13. The molecule has 1 fully saturated rings. The van der Waals surface area contributed by atoms with Crippen molar-refractivity contribution in [3.05, 3.63) is 69.2 Å². The Morgan fingerprint density at radius 2 is 2.20 bits per heavy atom. The molecule has 0 spiro atoms. The zero-order valence-corrected chi connectivity index (χ0v) is 18.3. The zero-order valence-electron chi connectivity index (χ0n) is 16.7. The molecule has 0 saturated heterocycles. The molecule has 2 atom stereocenters. The number of hydrogen-bond donors (Lipinski definition) is 2. The summed E-state index contributed by atoms with van der Waals surface area (Å²) in [5, 5.41) is 6.37. The molecule has 0 bridgehead atoms. The maximum absolute atomic E-state index is 14.2. The number of rotatable bonds is 7. The lowest BCUT2D eigenvalue weighted by Crippen LogP contribution is -2.28. The van der Waals surface area contributed by atoms with Gasteiger partial charge in [0.1, 0.15) is 16.9 Å². The number of carbonyl (C=O) groups excluding carboxylic acids is 1. The smallest absolute Gasteiger partial charge is 0.251 e. The summed E-state index contributed by atoms with van der Waals surface area (Å²) in [6.07, 6.45) is 5.70. The van der Waals surface area contributed by atoms with Crippen LogP contribution in [0, 0.1) is 11.7 Å². The van der Waals surface area contributed by atoms with Crippen LogP contribution in [0.3, 0.4) is 0 Å². The topological polar surface area (TPSA) is 63.2 Å². The summed E-state index contributed by atoms with van der Waals surface area (Å²) < 4.78 is 20.1. The van der Waals surface area contributed by atoms with Gasteiger partial charge in [-0.15, -0.1) is 0 Å². The molecule has 2 N–H and O–H groups in total. The third-order valence-electron chi connectivity index (χ3n) is 5.01. The van der Waals surface area contributed by atoms with Crippen molar-refractivity contribution in [3.8, 4) is 5.75 Å². The standard InChI is InChI=1S/C22H23ClFN3O2S/c1-12-9-26-22(30-12)16-5-15(6-18(7-16)29-11-14-3-4-14)21(28)27-13(2)20-19(24)8-17(23)10-25-20/h5-10,13-14,22,26H,3-4,11H2,1-2H3,(H,27,28). The fraction of sp³-hybridized carbons (Fsp3) is 0.364. The van der Waals surface area contributed by atoms with Crippen molar-refractivity contribution in [1.82, 2.24) is 15.6 Å². The Labute approximate surface area is 184 Å². The highest BCUT2D eigenvalue weighted by Crippen LogP contribution is 2.38. The van der Waals surface area contributed by atoms with Crippen LogP contribution in [0.15, 0.2) is 41.6 Å². The number of benzene rings is 1. The van der Waals surface area contributed by atoms with Crippen LogP contribution in [0.4, 0.5) is 4.39 Å². The molecule has 0 radical (unpaired) electrons. The molecule has 30 heavy (non-hydrogen) atoms. The van der Waals surface area contributed by atoms with Crippen LogP contribution < -0.4 is 15.4 Å². The molecular weight excluding hydrogens is 425 g/mol. The summed E-state index contributed by atoms with van der Waals surface area (Å²) in [7, 11) is 0. The van der Waals surface area contributed by atoms with Crippen molar-refractivity contribution in [1.29, 1.82) is 0 Å². The Kier molecular flexibility index (Phi) is 6.20. The second-order valence-electron chi connectivity index (χ2n) is 7.68. The maximum atomic E-state index is 14.2. The van der Waals surface area contributed by atoms with E-state index >= 15 is 0 Å². The molecule has 158 valence electrons. The average molecular weight is 448 g/mol. The number of thioether (sulfide) groups is 1. The van der Waals surface area contributed by atoms with Crippen molar-refractivity contribution < 1.29 is 13.9 Å². The lowest BCUT2D eigenvalue weighted by atomic mass is 10.1. The van der Waals surface area contributed by atoms with Gasteiger partial charge in [0, 0.05) is 18.0 Å². The van der Waals surface area contributed by atoms with Crippen molar-refractivity contribution in [2.24, 2.45) is 5.92 Å². The first-order valence-corrected chi connectivity index (χ1v) is 11.1. The zero-order chi connectivity index (χ0) is 21.3. The van der Waals surface area contributed by atoms with Crippen molar-refractivity contribution in [2.75, 3.05) is 6.61 Å². The third kappa shape index (κ3) is 5.08. The normalized spacial score (nSPS) is 19.1. The van der Waals surface area contributed by atoms with E-state index < -0.39 is 11.9 Å². The summed E-state index contributed by atoms with van der Waals surface area (Å²) >= 11 is 7.46. The fourth-order valence-corrected chi connectivity index (χ4v) is 4.25. The van der Waals surface area contributed by atoms with Crippen LogP contribution in [0.1, 0.15) is 59.7 Å². The number of aromatic nitrogens is 1. The van der Waals surface area contributed by atoms with E-state index in [1.54, 1.807) is 24.8 Å². The lowest BCUT2D eigenvalue weighted by molar-refractivity contribution is 0.0938. The van der Waals surface area contributed by atoms with Crippen LogP contribution in [0.25, 0.3) is 0 Å². The Morgan fingerprint density at radius 1 is 1.40 bits per heavy atom. The molecule has 1 aliphatic carbocycles. The molecule has 4 rings (SSSR count). The van der Waals surface area contributed by atoms with Crippen LogP contribution in [-0.2, 0) is 0 Å². The minimum atomic E-state index is -0.614. The van der Waals surface area contributed by atoms with Crippen molar-refractivity contribution in [3.63, 3.8) is 0 Å². The Hall–Kier alpha value is -2.25. The van der Waals surface area contributed by atoms with Gasteiger partial charge < -0.3 is 15.4 Å². The molecule has 2 aliphatic rings. The average Bonchev–Trinajstić information content (AvgIpc) is 3.44. The van der Waals surface area contributed by atoms with E-state index in [2.05, 4.69) is 15.6 Å². The van der Waals surface area contributed by atoms with Gasteiger partial charge in [0.15, 0.2) is 0 Å². The number of pyridine rings is 1. The van der Waals surface area contributed by atoms with Crippen LogP contribution in [0.5, 0.6) is 5.75 Å². The summed E-state index contributed by atoms with van der Waals surface area (Å²) in [5.41, 5.74) is 1.56. The van der Waals surface area contributed by atoms with Gasteiger partial charge in [-0.2, -0.15) is 0 Å². The van der Waals surface area contributed by atoms with Gasteiger partial charge >= 0.3 is 0 Å². The van der Waals surface area contributed by atoms with Gasteiger partial charge in [0.2, 0.25) is 0 Å². The van der Waals surface area contributed by atoms with E-state index in [1.807, 2.05) is 25.3 Å². The largest absolute Gasteiger partial charge is 0.493 e. The molecule has 1 amide bonds. The third-order valence-corrected chi connectivity index (χ3v) is 6.35. The van der Waals surface area contributed by atoms with E-state index in [1.165, 1.54) is 30.0 Å². The number of carbonyl (C=O) groups is 1. The molecule has 1 aromatic heterocycles. The highest BCUT2D eigenvalue weighted by molar-refractivity contribution is 8.03. The summed E-state index contributed by atoms with van der Waals surface area (Å²) in [5.74, 6) is 0.405. The van der Waals surface area contributed by atoms with Crippen LogP contribution in [-0.4, -0.2) is 17.5 Å². The molecule has 2 heterocycles. The minimum Gasteiger partial charge on any atom is -0.493 e. The Bertz CT molecular complexity index is 996. The molecule has 1 saturated carbocycles. The van der Waals surface area contributed by atoms with Gasteiger partial charge in [0.05, 0.1) is 23.4 Å². The number of ether oxygens (including phenoxy) is 1. The van der Waals surface area contributed by atoms with E-state index in [4.69, 9.17) is 16.3 Å². The van der Waals surface area contributed by atoms with Gasteiger partial charge in [0.25, 0.3) is 5.91 Å². The Balaban J connectivity index is 1.54. The predicted molar refractivity (Wildman–Crippen MR) is 117 cm³/mol. The maximum Gasteiger partial charge on any atom is 0.251 e. The van der Waals surface area contributed by atoms with Crippen LogP contribution in [0.2, 0.25) is 5.02 Å². The number of hydrogen-bond acceptors (Lipinski definition) is 5. The summed E-state index contributed by atoms with van der Waals surface area (Å²) in [6.45, 7) is 4.38. The summed E-state index contributed by atoms with van der Waals surface area (Å²) in [4.78, 5) is 18.2. The first-order chi connectivity index (χ1) is 14.4. The van der Waals surface area contributed by atoms with Gasteiger partial charge in [-0.05, 0) is 67.3 Å². The second kappa shape index (κ2) is 8.86. The van der Waals surface area contributed by atoms with E-state index in [-0.39, 0.29) is 22.0 Å². The number of allylic oxidation sites excluding steroid dienone is 1. The van der Waals surface area contributed by atoms with Gasteiger partial charge in [-0.25, -0.2) is 4.39 Å². The van der Waals surface area contributed by atoms with E-state index in [9.17, 15) is 9.18 Å². The molecular formula is C22H23ClFN3O2S. The molecule has 5 nitrogen and oxygen atoms in total. The number of amides is 1. The quantitative estimate of drug-likeness (QED) is 0.599. The number of nitrogens with zero attached hydrogens (tertiary/aromatic N) is 1. The van der Waals surface area contributed by atoms with E-state index in [0.717, 1.165) is 5.56 Å². The highest BCUT2D eigenvalue weighted by atomic mass is 35.5. The fourth-order valence-electron chi connectivity index (χ4n) is 3.19. The van der Waals surface area contributed by atoms with Crippen molar-refractivity contribution in [2.45, 2.75) is 38.1 Å². The Morgan fingerprint density at radius 3 is 2.87 bits per heavy atom. The minimum absolute atomic E-state index is 0.0221. The number of halogens is 2. The first-order valence-electron chi connectivity index (χ1n) is 9.88. The molecule has 1 aliphatic heterocycles. The predicted octanol–water partition coefficient (Wildman–Crippen LogP) is 5.35. The highest BCUT2D eigenvalue weighted by Gasteiger charge is 2.24. The molecule has 2 unspecified atom stereocenters. The molecule has 2 aromatic rings. The molecule has 1 aromatic carbocycles. The van der Waals surface area contributed by atoms with Crippen LogP contribution >= 0.6 is 23.4 Å². The number of nitrogens with one attached hydrogen (secondary N) is 2. The monoisotopic (exact) mass is 447 g/mol. The first kappa shape index (κ1) is 21.0. The van der Waals surface area contributed by atoms with E-state index in [0.29, 0.717) is 23.8 Å². The van der Waals surface area contributed by atoms with Crippen molar-refractivity contribution >= 4 is 29.3 Å².